The topological polar surface area (TPSA) is 48.2 Å². The number of nitrogens with zero attached hydrogens (tertiary/aromatic N) is 2. The van der Waals surface area contributed by atoms with Crippen LogP contribution in [0.5, 0.6) is 5.75 Å². The van der Waals surface area contributed by atoms with Crippen molar-refractivity contribution in [2.45, 2.75) is 13.0 Å². The van der Waals surface area contributed by atoms with E-state index in [9.17, 15) is 0 Å². The number of para-hydroxylation sites is 1. The van der Waals surface area contributed by atoms with Gasteiger partial charge in [-0.1, -0.05) is 35.0 Å². The highest BCUT2D eigenvalue weighted by Gasteiger charge is 2.16. The third-order valence-corrected chi connectivity index (χ3v) is 3.20. The molecule has 106 valence electrons. The van der Waals surface area contributed by atoms with Crippen LogP contribution in [0, 0.1) is 0 Å². The van der Waals surface area contributed by atoms with Gasteiger partial charge in [-0.15, -0.1) is 0 Å². The van der Waals surface area contributed by atoms with Crippen molar-refractivity contribution >= 4 is 11.6 Å². The lowest BCUT2D eigenvalue weighted by molar-refractivity contribution is 0.176. The average Bonchev–Trinajstić information content (AvgIpc) is 2.99. The number of benzene rings is 2. The molecule has 21 heavy (non-hydrogen) atoms. The van der Waals surface area contributed by atoms with Gasteiger partial charge in [-0.2, -0.15) is 4.98 Å². The smallest absolute Gasteiger partial charge is 0.267 e. The van der Waals surface area contributed by atoms with Crippen LogP contribution < -0.4 is 4.74 Å². The molecule has 0 saturated carbocycles. The molecule has 0 N–H and O–H groups in total. The summed E-state index contributed by atoms with van der Waals surface area (Å²) in [6, 6.07) is 16.8. The van der Waals surface area contributed by atoms with Crippen molar-refractivity contribution in [3.8, 4) is 17.1 Å². The van der Waals surface area contributed by atoms with Crippen LogP contribution in [0.4, 0.5) is 0 Å². The SMILES string of the molecule is CC(Oc1ccccc1)c1nc(-c2ccc(Cl)cc2)no1. The Labute approximate surface area is 127 Å². The number of halogens is 1. The summed E-state index contributed by atoms with van der Waals surface area (Å²) in [7, 11) is 0. The summed E-state index contributed by atoms with van der Waals surface area (Å²) < 4.78 is 11.0. The van der Waals surface area contributed by atoms with E-state index < -0.39 is 0 Å². The average molecular weight is 301 g/mol. The van der Waals surface area contributed by atoms with E-state index in [0.29, 0.717) is 16.7 Å². The Bertz CT molecular complexity index is 711. The van der Waals surface area contributed by atoms with Crippen molar-refractivity contribution in [3.05, 3.63) is 65.5 Å². The Morgan fingerprint density at radius 3 is 2.48 bits per heavy atom. The van der Waals surface area contributed by atoms with E-state index in [1.165, 1.54) is 0 Å². The van der Waals surface area contributed by atoms with E-state index in [1.807, 2.05) is 49.4 Å². The summed E-state index contributed by atoms with van der Waals surface area (Å²) in [5, 5.41) is 4.64. The van der Waals surface area contributed by atoms with Crippen LogP contribution in [-0.2, 0) is 0 Å². The van der Waals surface area contributed by atoms with Gasteiger partial charge in [0.2, 0.25) is 5.82 Å². The molecule has 4 nitrogen and oxygen atoms in total. The van der Waals surface area contributed by atoms with E-state index in [4.69, 9.17) is 20.9 Å². The van der Waals surface area contributed by atoms with E-state index in [-0.39, 0.29) is 6.10 Å². The van der Waals surface area contributed by atoms with Crippen LogP contribution in [0.25, 0.3) is 11.4 Å². The second kappa shape index (κ2) is 5.97. The molecular weight excluding hydrogens is 288 g/mol. The lowest BCUT2D eigenvalue weighted by atomic mass is 10.2. The summed E-state index contributed by atoms with van der Waals surface area (Å²) in [6.07, 6.45) is -0.319. The molecule has 0 fully saturated rings. The molecule has 0 aliphatic heterocycles. The molecule has 0 amide bonds. The molecule has 1 unspecified atom stereocenters. The van der Waals surface area contributed by atoms with Crippen molar-refractivity contribution in [3.63, 3.8) is 0 Å². The second-order valence-electron chi connectivity index (χ2n) is 4.54. The molecule has 0 bridgehead atoms. The van der Waals surface area contributed by atoms with Gasteiger partial charge in [0.05, 0.1) is 0 Å². The molecule has 1 aromatic heterocycles. The number of rotatable bonds is 4. The Balaban J connectivity index is 1.76. The Morgan fingerprint density at radius 1 is 1.05 bits per heavy atom. The van der Waals surface area contributed by atoms with Gasteiger partial charge >= 0.3 is 0 Å². The largest absolute Gasteiger partial charge is 0.481 e. The molecule has 0 aliphatic rings. The zero-order chi connectivity index (χ0) is 14.7. The van der Waals surface area contributed by atoms with Crippen LogP contribution in [0.3, 0.4) is 0 Å². The third kappa shape index (κ3) is 3.23. The Kier molecular flexibility index (Phi) is 3.88. The number of ether oxygens (including phenoxy) is 1. The van der Waals surface area contributed by atoms with Crippen molar-refractivity contribution in [2.75, 3.05) is 0 Å². The van der Waals surface area contributed by atoms with E-state index in [2.05, 4.69) is 10.1 Å². The second-order valence-corrected chi connectivity index (χ2v) is 4.97. The Morgan fingerprint density at radius 2 is 1.76 bits per heavy atom. The molecule has 2 aromatic carbocycles. The molecule has 3 aromatic rings. The first kappa shape index (κ1) is 13.6. The quantitative estimate of drug-likeness (QED) is 0.710. The minimum Gasteiger partial charge on any atom is -0.481 e. The first-order valence-electron chi connectivity index (χ1n) is 6.53. The molecule has 3 rings (SSSR count). The summed E-state index contributed by atoms with van der Waals surface area (Å²) in [5.41, 5.74) is 0.848. The van der Waals surface area contributed by atoms with Crippen LogP contribution in [0.15, 0.2) is 59.1 Å². The van der Waals surface area contributed by atoms with Crippen molar-refractivity contribution in [1.82, 2.24) is 10.1 Å². The number of hydrogen-bond donors (Lipinski definition) is 0. The molecule has 0 saturated heterocycles. The fourth-order valence-corrected chi connectivity index (χ4v) is 2.00. The predicted molar refractivity (Wildman–Crippen MR) is 80.2 cm³/mol. The van der Waals surface area contributed by atoms with Crippen LogP contribution in [-0.4, -0.2) is 10.1 Å². The molecule has 5 heteroatoms. The first-order valence-corrected chi connectivity index (χ1v) is 6.91. The summed E-state index contributed by atoms with van der Waals surface area (Å²) in [5.74, 6) is 1.71. The predicted octanol–water partition coefficient (Wildman–Crippen LogP) is 4.53. The van der Waals surface area contributed by atoms with Crippen LogP contribution >= 0.6 is 11.6 Å². The van der Waals surface area contributed by atoms with Crippen LogP contribution in [0.1, 0.15) is 18.9 Å². The van der Waals surface area contributed by atoms with E-state index in [0.717, 1.165) is 11.3 Å². The maximum atomic E-state index is 5.86. The van der Waals surface area contributed by atoms with Crippen molar-refractivity contribution < 1.29 is 9.26 Å². The number of hydrogen-bond acceptors (Lipinski definition) is 4. The maximum Gasteiger partial charge on any atom is 0.267 e. The Hall–Kier alpha value is -2.33. The lowest BCUT2D eigenvalue weighted by Gasteiger charge is -2.09. The summed E-state index contributed by atoms with van der Waals surface area (Å²) in [6.45, 7) is 1.87. The zero-order valence-electron chi connectivity index (χ0n) is 11.4. The van der Waals surface area contributed by atoms with Gasteiger partial charge in [0.1, 0.15) is 5.75 Å². The van der Waals surface area contributed by atoms with Gasteiger partial charge in [-0.05, 0) is 43.3 Å². The van der Waals surface area contributed by atoms with E-state index >= 15 is 0 Å². The standard InChI is InChI=1S/C16H13ClN2O2/c1-11(20-14-5-3-2-4-6-14)16-18-15(19-21-16)12-7-9-13(17)10-8-12/h2-11H,1H3. The molecule has 1 atom stereocenters. The minimum atomic E-state index is -0.319. The van der Waals surface area contributed by atoms with Gasteiger partial charge in [-0.25, -0.2) is 0 Å². The van der Waals surface area contributed by atoms with Gasteiger partial charge in [0.25, 0.3) is 5.89 Å². The molecule has 0 aliphatic carbocycles. The molecule has 0 radical (unpaired) electrons. The summed E-state index contributed by atoms with van der Waals surface area (Å²) in [4.78, 5) is 4.36. The fraction of sp³-hybridized carbons (Fsp3) is 0.125. The molecule has 0 spiro atoms. The van der Waals surface area contributed by atoms with Crippen LogP contribution in [0.2, 0.25) is 5.02 Å². The zero-order valence-corrected chi connectivity index (χ0v) is 12.1. The monoisotopic (exact) mass is 300 g/mol. The van der Waals surface area contributed by atoms with Gasteiger partial charge in [0.15, 0.2) is 6.10 Å². The highest BCUT2D eigenvalue weighted by Crippen LogP contribution is 2.23. The minimum absolute atomic E-state index is 0.319. The van der Waals surface area contributed by atoms with Crippen molar-refractivity contribution in [2.24, 2.45) is 0 Å². The van der Waals surface area contributed by atoms with Gasteiger partial charge in [-0.3, -0.25) is 0 Å². The molecular formula is C16H13ClN2O2. The van der Waals surface area contributed by atoms with E-state index in [1.54, 1.807) is 12.1 Å². The highest BCUT2D eigenvalue weighted by molar-refractivity contribution is 6.30. The van der Waals surface area contributed by atoms with Gasteiger partial charge < -0.3 is 9.26 Å². The van der Waals surface area contributed by atoms with Crippen molar-refractivity contribution in [1.29, 1.82) is 0 Å². The maximum absolute atomic E-state index is 5.86. The highest BCUT2D eigenvalue weighted by atomic mass is 35.5. The normalized spacial score (nSPS) is 12.1. The third-order valence-electron chi connectivity index (χ3n) is 2.95. The lowest BCUT2D eigenvalue weighted by Crippen LogP contribution is -2.03. The molecule has 1 heterocycles. The van der Waals surface area contributed by atoms with Gasteiger partial charge in [0, 0.05) is 10.6 Å². The first-order chi connectivity index (χ1) is 10.2. The number of aromatic nitrogens is 2. The fourth-order valence-electron chi connectivity index (χ4n) is 1.87. The summed E-state index contributed by atoms with van der Waals surface area (Å²) >= 11 is 5.86.